The van der Waals surface area contributed by atoms with Gasteiger partial charge in [0, 0.05) is 24.5 Å². The van der Waals surface area contributed by atoms with Crippen molar-refractivity contribution in [2.75, 3.05) is 11.9 Å². The molecule has 0 aromatic carbocycles. The number of hydrogen-bond acceptors (Lipinski definition) is 6. The molecule has 2 aromatic rings. The zero-order chi connectivity index (χ0) is 11.2. The van der Waals surface area contributed by atoms with E-state index in [2.05, 4.69) is 26.6 Å². The van der Waals surface area contributed by atoms with E-state index in [9.17, 15) is 0 Å². The molecule has 2 rings (SSSR count). The van der Waals surface area contributed by atoms with Crippen molar-refractivity contribution in [2.45, 2.75) is 6.42 Å². The molecule has 2 aromatic heterocycles. The molecule has 0 saturated carbocycles. The van der Waals surface area contributed by atoms with Gasteiger partial charge in [-0.05, 0) is 6.07 Å². The topological polar surface area (TPSA) is 74.5 Å². The lowest BCUT2D eigenvalue weighted by molar-refractivity contribution is 0.954. The first-order valence-electron chi connectivity index (χ1n) is 4.74. The summed E-state index contributed by atoms with van der Waals surface area (Å²) in [6.45, 7) is 0.695. The van der Waals surface area contributed by atoms with Crippen LogP contribution in [-0.2, 0) is 6.42 Å². The molecule has 0 amide bonds. The van der Waals surface area contributed by atoms with Crippen molar-refractivity contribution in [3.8, 4) is 6.07 Å². The van der Waals surface area contributed by atoms with Crippen LogP contribution in [0.4, 0.5) is 5.82 Å². The summed E-state index contributed by atoms with van der Waals surface area (Å²) >= 11 is 1.62. The Morgan fingerprint density at radius 3 is 3.12 bits per heavy atom. The molecular formula is C10H9N5S. The predicted molar refractivity (Wildman–Crippen MR) is 61.1 cm³/mol. The lowest BCUT2D eigenvalue weighted by Crippen LogP contribution is -2.08. The highest BCUT2D eigenvalue weighted by Gasteiger charge is 2.02. The maximum Gasteiger partial charge on any atom is 0.166 e. The Balaban J connectivity index is 1.93. The lowest BCUT2D eigenvalue weighted by atomic mass is 10.3. The molecule has 5 nitrogen and oxygen atoms in total. The zero-order valence-electron chi connectivity index (χ0n) is 8.42. The van der Waals surface area contributed by atoms with Crippen LogP contribution in [0.5, 0.6) is 0 Å². The van der Waals surface area contributed by atoms with Crippen molar-refractivity contribution < 1.29 is 0 Å². The maximum absolute atomic E-state index is 8.83. The molecule has 80 valence electrons. The number of hydrogen-bond donors (Lipinski definition) is 1. The van der Waals surface area contributed by atoms with Crippen molar-refractivity contribution in [1.29, 1.82) is 5.26 Å². The van der Waals surface area contributed by atoms with E-state index in [-0.39, 0.29) is 0 Å². The van der Waals surface area contributed by atoms with Crippen LogP contribution in [0.15, 0.2) is 23.8 Å². The largest absolute Gasteiger partial charge is 0.367 e. The van der Waals surface area contributed by atoms with Crippen LogP contribution in [0.25, 0.3) is 0 Å². The highest BCUT2D eigenvalue weighted by Crippen LogP contribution is 2.09. The Hall–Kier alpha value is -2.00. The van der Waals surface area contributed by atoms with Crippen molar-refractivity contribution in [3.05, 3.63) is 34.4 Å². The molecule has 6 heteroatoms. The van der Waals surface area contributed by atoms with Crippen LogP contribution in [0.3, 0.4) is 0 Å². The zero-order valence-corrected chi connectivity index (χ0v) is 9.24. The number of nitriles is 1. The molecule has 0 aliphatic rings. The van der Waals surface area contributed by atoms with E-state index in [1.807, 2.05) is 5.38 Å². The molecule has 1 N–H and O–H groups in total. The molecule has 0 atom stereocenters. The van der Waals surface area contributed by atoms with E-state index in [0.717, 1.165) is 11.4 Å². The van der Waals surface area contributed by atoms with Crippen LogP contribution >= 0.6 is 11.3 Å². The minimum atomic E-state index is 0.508. The number of aromatic nitrogens is 3. The van der Waals surface area contributed by atoms with Crippen LogP contribution in [0.1, 0.15) is 10.6 Å². The van der Waals surface area contributed by atoms with Crippen LogP contribution in [0, 0.1) is 11.3 Å². The number of anilines is 1. The summed E-state index contributed by atoms with van der Waals surface area (Å²) in [7, 11) is 0. The fraction of sp³-hybridized carbons (Fsp3) is 0.200. The molecule has 0 bridgehead atoms. The summed E-state index contributed by atoms with van der Waals surface area (Å²) in [4.78, 5) is 4.17. The smallest absolute Gasteiger partial charge is 0.166 e. The van der Waals surface area contributed by atoms with Gasteiger partial charge in [-0.25, -0.2) is 4.98 Å². The Morgan fingerprint density at radius 2 is 2.38 bits per heavy atom. The molecule has 0 aliphatic carbocycles. The third kappa shape index (κ3) is 2.52. The normalized spacial score (nSPS) is 9.69. The van der Waals surface area contributed by atoms with Gasteiger partial charge in [-0.1, -0.05) is 0 Å². The van der Waals surface area contributed by atoms with Gasteiger partial charge in [-0.3, -0.25) is 0 Å². The van der Waals surface area contributed by atoms with Crippen molar-refractivity contribution in [1.82, 2.24) is 15.2 Å². The van der Waals surface area contributed by atoms with Crippen molar-refractivity contribution >= 4 is 17.2 Å². The van der Waals surface area contributed by atoms with Crippen molar-refractivity contribution in [2.24, 2.45) is 0 Å². The van der Waals surface area contributed by atoms with E-state index >= 15 is 0 Å². The average Bonchev–Trinajstić information content (AvgIpc) is 2.83. The monoisotopic (exact) mass is 231 g/mol. The Bertz CT molecular complexity index is 488. The number of thiazole rings is 1. The number of nitrogens with one attached hydrogen (secondary N) is 1. The summed E-state index contributed by atoms with van der Waals surface area (Å²) in [5.41, 5.74) is 0.508. The summed E-state index contributed by atoms with van der Waals surface area (Å²) in [6, 6.07) is 3.70. The fourth-order valence-electron chi connectivity index (χ4n) is 1.22. The predicted octanol–water partition coefficient (Wildman–Crippen LogP) is 1.46. The first-order valence-corrected chi connectivity index (χ1v) is 5.62. The first kappa shape index (κ1) is 10.5. The third-order valence-corrected chi connectivity index (χ3v) is 2.80. The van der Waals surface area contributed by atoms with Gasteiger partial charge >= 0.3 is 0 Å². The summed E-state index contributed by atoms with van der Waals surface area (Å²) in [5, 5.41) is 22.5. The van der Waals surface area contributed by atoms with Crippen LogP contribution in [0.2, 0.25) is 0 Å². The Kier molecular flexibility index (Phi) is 3.41. The highest BCUT2D eigenvalue weighted by molar-refractivity contribution is 7.09. The average molecular weight is 231 g/mol. The van der Waals surface area contributed by atoms with Crippen LogP contribution in [-0.4, -0.2) is 21.7 Å². The van der Waals surface area contributed by atoms with Gasteiger partial charge < -0.3 is 5.32 Å². The van der Waals surface area contributed by atoms with Gasteiger partial charge in [0.05, 0.1) is 16.8 Å². The number of rotatable bonds is 4. The summed E-state index contributed by atoms with van der Waals surface area (Å²) < 4.78 is 0. The van der Waals surface area contributed by atoms with Crippen molar-refractivity contribution in [3.63, 3.8) is 0 Å². The summed E-state index contributed by atoms with van der Waals surface area (Å²) in [6.07, 6.45) is 4.10. The maximum atomic E-state index is 8.83. The Labute approximate surface area is 96.8 Å². The third-order valence-electron chi connectivity index (χ3n) is 1.96. The second-order valence-electron chi connectivity index (χ2n) is 3.01. The molecule has 0 spiro atoms. The van der Waals surface area contributed by atoms with E-state index in [4.69, 9.17) is 5.26 Å². The fourth-order valence-corrected chi connectivity index (χ4v) is 1.84. The second kappa shape index (κ2) is 5.19. The lowest BCUT2D eigenvalue weighted by Gasteiger charge is -2.03. The first-order chi connectivity index (χ1) is 7.90. The van der Waals surface area contributed by atoms with Gasteiger partial charge in [-0.15, -0.1) is 16.4 Å². The van der Waals surface area contributed by atoms with E-state index in [1.165, 1.54) is 6.20 Å². The minimum absolute atomic E-state index is 0.508. The molecular weight excluding hydrogens is 222 g/mol. The van der Waals surface area contributed by atoms with Crippen LogP contribution < -0.4 is 5.32 Å². The molecule has 0 radical (unpaired) electrons. The van der Waals surface area contributed by atoms with Gasteiger partial charge in [0.2, 0.25) is 0 Å². The Morgan fingerprint density at radius 1 is 1.44 bits per heavy atom. The quantitative estimate of drug-likeness (QED) is 0.862. The molecule has 16 heavy (non-hydrogen) atoms. The molecule has 2 heterocycles. The standard InChI is InChI=1S/C10H9N5S/c11-7-8-1-4-14-15-10(8)13-3-2-9-12-5-6-16-9/h1,4-6H,2-3H2,(H,13,15). The minimum Gasteiger partial charge on any atom is -0.367 e. The van der Waals surface area contributed by atoms with E-state index < -0.39 is 0 Å². The molecule has 0 aliphatic heterocycles. The molecule has 0 unspecified atom stereocenters. The SMILES string of the molecule is N#Cc1ccnnc1NCCc1nccs1. The van der Waals surface area contributed by atoms with E-state index in [0.29, 0.717) is 17.9 Å². The second-order valence-corrected chi connectivity index (χ2v) is 3.99. The molecule has 0 fully saturated rings. The van der Waals surface area contributed by atoms with Gasteiger partial charge in [0.15, 0.2) is 5.82 Å². The van der Waals surface area contributed by atoms with Gasteiger partial charge in [-0.2, -0.15) is 10.4 Å². The summed E-state index contributed by atoms with van der Waals surface area (Å²) in [5.74, 6) is 0.529. The molecule has 0 saturated heterocycles. The van der Waals surface area contributed by atoms with E-state index in [1.54, 1.807) is 23.6 Å². The van der Waals surface area contributed by atoms with Gasteiger partial charge in [0.25, 0.3) is 0 Å². The van der Waals surface area contributed by atoms with Gasteiger partial charge in [0.1, 0.15) is 6.07 Å². The number of nitrogens with zero attached hydrogens (tertiary/aromatic N) is 4. The highest BCUT2D eigenvalue weighted by atomic mass is 32.1.